The van der Waals surface area contributed by atoms with Crippen molar-refractivity contribution in [1.82, 2.24) is 0 Å². The van der Waals surface area contributed by atoms with Crippen molar-refractivity contribution in [2.45, 2.75) is 6.40 Å². The monoisotopic (exact) mass is 168 g/mol. The van der Waals surface area contributed by atoms with E-state index in [4.69, 9.17) is 2.74 Å². The molecule has 62 valence electrons. The van der Waals surface area contributed by atoms with E-state index in [1.165, 1.54) is 0 Å². The van der Waals surface area contributed by atoms with Crippen molar-refractivity contribution >= 4 is 0 Å². The lowest BCUT2D eigenvalue weighted by Crippen LogP contribution is -1.77. The minimum absolute atomic E-state index is 0.318. The maximum absolute atomic E-state index is 8.11. The van der Waals surface area contributed by atoms with E-state index in [0.29, 0.717) is 6.04 Å². The van der Waals surface area contributed by atoms with Crippen molar-refractivity contribution in [2.75, 3.05) is 0 Å². The quantitative estimate of drug-likeness (QED) is 0.566. The van der Waals surface area contributed by atoms with E-state index < -0.39 is 0 Å². The Hall–Kier alpha value is -1.56. The first-order valence-electron chi connectivity index (χ1n) is 5.48. The van der Waals surface area contributed by atoms with E-state index in [9.17, 15) is 0 Å². The van der Waals surface area contributed by atoms with Crippen LogP contribution in [0.4, 0.5) is 0 Å². The van der Waals surface area contributed by atoms with Crippen molar-refractivity contribution in [1.29, 1.82) is 0 Å². The van der Waals surface area contributed by atoms with Crippen LogP contribution in [0.25, 0.3) is 11.1 Å². The highest BCUT2D eigenvalue weighted by Gasteiger charge is 2.15. The molecule has 1 unspecified atom stereocenters. The third-order valence-electron chi connectivity index (χ3n) is 2.43. The van der Waals surface area contributed by atoms with Gasteiger partial charge in [-0.3, -0.25) is 0 Å². The number of hydrogen-bond donors (Lipinski definition) is 0. The number of hydrogen-bond acceptors (Lipinski definition) is 0. The fourth-order valence-corrected chi connectivity index (χ4v) is 1.82. The lowest BCUT2D eigenvalue weighted by atomic mass is 10.1. The van der Waals surface area contributed by atoms with Gasteiger partial charge in [0.2, 0.25) is 0 Å². The number of fused-ring (bicyclic) bond motifs is 3. The van der Waals surface area contributed by atoms with Crippen molar-refractivity contribution in [2.24, 2.45) is 0 Å². The number of rotatable bonds is 0. The topological polar surface area (TPSA) is 0 Å². The molecular formula is C13H10. The van der Waals surface area contributed by atoms with Gasteiger partial charge in [-0.25, -0.2) is 0 Å². The van der Waals surface area contributed by atoms with E-state index in [0.717, 1.165) is 22.3 Å². The Morgan fingerprint density at radius 3 is 2.54 bits per heavy atom. The van der Waals surface area contributed by atoms with Crippen molar-refractivity contribution in [3.05, 3.63) is 59.6 Å². The van der Waals surface area contributed by atoms with E-state index >= 15 is 0 Å². The Morgan fingerprint density at radius 1 is 0.923 bits per heavy atom. The average molecular weight is 168 g/mol. The van der Waals surface area contributed by atoms with Gasteiger partial charge in [-0.05, 0) is 28.7 Å². The molecule has 2 aromatic carbocycles. The van der Waals surface area contributed by atoms with Crippen molar-refractivity contribution < 1.29 is 2.74 Å². The summed E-state index contributed by atoms with van der Waals surface area (Å²) in [4.78, 5) is 0. The van der Waals surface area contributed by atoms with Gasteiger partial charge in [0.1, 0.15) is 0 Å². The summed E-state index contributed by atoms with van der Waals surface area (Å²) in [6.07, 6.45) is -0.318. The highest BCUT2D eigenvalue weighted by Crippen LogP contribution is 2.35. The zero-order valence-electron chi connectivity index (χ0n) is 9.12. The Morgan fingerprint density at radius 2 is 1.62 bits per heavy atom. The molecule has 0 heterocycles. The van der Waals surface area contributed by atoms with E-state index in [1.54, 1.807) is 6.07 Å². The normalized spacial score (nSPS) is 20.2. The fourth-order valence-electron chi connectivity index (χ4n) is 1.82. The third kappa shape index (κ3) is 0.919. The number of benzene rings is 2. The summed E-state index contributed by atoms with van der Waals surface area (Å²) in [5.74, 6) is 0. The predicted molar refractivity (Wildman–Crippen MR) is 54.7 cm³/mol. The van der Waals surface area contributed by atoms with Crippen molar-refractivity contribution in [3.63, 3.8) is 0 Å². The van der Waals surface area contributed by atoms with Crippen LogP contribution in [-0.4, -0.2) is 0 Å². The molecule has 0 spiro atoms. The first-order chi connectivity index (χ1) is 7.29. The van der Waals surface area contributed by atoms with Crippen LogP contribution in [0.1, 0.15) is 13.9 Å². The molecule has 0 fully saturated rings. The predicted octanol–water partition coefficient (Wildman–Crippen LogP) is 3.26. The molecule has 1 aliphatic rings. The highest BCUT2D eigenvalue weighted by atomic mass is 14.2. The van der Waals surface area contributed by atoms with E-state index in [1.807, 2.05) is 36.4 Å². The molecule has 1 atom stereocenters. The smallest absolute Gasteiger partial charge is 0.0619 e. The molecule has 13 heavy (non-hydrogen) atoms. The molecule has 0 saturated heterocycles. The van der Waals surface area contributed by atoms with Gasteiger partial charge in [0.15, 0.2) is 0 Å². The lowest BCUT2D eigenvalue weighted by molar-refractivity contribution is 1.26. The molecule has 3 rings (SSSR count). The molecule has 0 aliphatic heterocycles. The van der Waals surface area contributed by atoms with Crippen LogP contribution in [0.15, 0.2) is 48.5 Å². The summed E-state index contributed by atoms with van der Waals surface area (Å²) in [6, 6.07) is 14.0. The summed E-state index contributed by atoms with van der Waals surface area (Å²) < 4.78 is 16.0. The van der Waals surface area contributed by atoms with Crippen LogP contribution in [-0.2, 0) is 6.40 Å². The second kappa shape index (κ2) is 2.46. The van der Waals surface area contributed by atoms with E-state index in [2.05, 4.69) is 0 Å². The Bertz CT molecular complexity index is 532. The SMILES string of the molecule is [2H]c1cccc2c1-c1ccccc1C2[2H]. The maximum atomic E-state index is 8.11. The van der Waals surface area contributed by atoms with Crippen LogP contribution in [0.3, 0.4) is 0 Å². The van der Waals surface area contributed by atoms with Crippen LogP contribution in [0.5, 0.6) is 0 Å². The summed E-state index contributed by atoms with van der Waals surface area (Å²) in [7, 11) is 0. The zero-order chi connectivity index (χ0) is 10.4. The Kier molecular flexibility index (Phi) is 0.990. The van der Waals surface area contributed by atoms with Crippen LogP contribution >= 0.6 is 0 Å². The van der Waals surface area contributed by atoms with Crippen LogP contribution in [0, 0.1) is 0 Å². The zero-order valence-corrected chi connectivity index (χ0v) is 7.12. The van der Waals surface area contributed by atoms with Crippen LogP contribution < -0.4 is 0 Å². The summed E-state index contributed by atoms with van der Waals surface area (Å²) in [5.41, 5.74) is 3.97. The molecule has 0 radical (unpaired) electrons. The molecule has 0 saturated carbocycles. The molecule has 1 aliphatic carbocycles. The fraction of sp³-hybridized carbons (Fsp3) is 0.0769. The van der Waals surface area contributed by atoms with Gasteiger partial charge < -0.3 is 0 Å². The average Bonchev–Trinajstić information content (AvgIpc) is 2.55. The molecule has 0 nitrogen and oxygen atoms in total. The summed E-state index contributed by atoms with van der Waals surface area (Å²) in [5, 5.41) is 0. The molecule has 0 aromatic heterocycles. The van der Waals surface area contributed by atoms with Crippen LogP contribution in [0.2, 0.25) is 0 Å². The lowest BCUT2D eigenvalue weighted by Gasteiger charge is -1.98. The molecule has 0 heteroatoms. The standard InChI is InChI=1S/C13H10/c1-3-7-12-10(5-1)9-11-6-2-4-8-13(11)12/h1-8H,9H2/i7D,9D. The molecular weight excluding hydrogens is 156 g/mol. The van der Waals surface area contributed by atoms with Crippen molar-refractivity contribution in [3.8, 4) is 11.1 Å². The Labute approximate surface area is 80.7 Å². The van der Waals surface area contributed by atoms with Gasteiger partial charge in [0.25, 0.3) is 0 Å². The highest BCUT2D eigenvalue weighted by molar-refractivity contribution is 5.76. The maximum Gasteiger partial charge on any atom is 0.0629 e. The first-order valence-corrected chi connectivity index (χ1v) is 4.40. The minimum atomic E-state index is -0.318. The minimum Gasteiger partial charge on any atom is -0.0619 e. The third-order valence-corrected chi connectivity index (χ3v) is 2.43. The summed E-state index contributed by atoms with van der Waals surface area (Å²) >= 11 is 0. The summed E-state index contributed by atoms with van der Waals surface area (Å²) in [6.45, 7) is 0. The van der Waals surface area contributed by atoms with Gasteiger partial charge in [-0.15, -0.1) is 0 Å². The second-order valence-electron chi connectivity index (χ2n) is 3.23. The second-order valence-corrected chi connectivity index (χ2v) is 3.23. The van der Waals surface area contributed by atoms with E-state index in [-0.39, 0.29) is 6.40 Å². The van der Waals surface area contributed by atoms with Gasteiger partial charge in [0, 0.05) is 1.37 Å². The van der Waals surface area contributed by atoms with Gasteiger partial charge in [-0.1, -0.05) is 48.5 Å². The largest absolute Gasteiger partial charge is 0.0629 e. The van der Waals surface area contributed by atoms with Gasteiger partial charge in [0.05, 0.1) is 1.37 Å². The van der Waals surface area contributed by atoms with Gasteiger partial charge >= 0.3 is 0 Å². The first kappa shape index (κ1) is 5.23. The van der Waals surface area contributed by atoms with Gasteiger partial charge in [-0.2, -0.15) is 0 Å². The Balaban J connectivity index is 2.39. The molecule has 2 aromatic rings. The molecule has 0 bridgehead atoms. The molecule has 0 amide bonds. The molecule has 0 N–H and O–H groups in total.